The molecule has 1 heterocycles. The molecule has 0 aliphatic carbocycles. The van der Waals surface area contributed by atoms with Crippen LogP contribution in [0.5, 0.6) is 5.75 Å². The van der Waals surface area contributed by atoms with Gasteiger partial charge in [-0.25, -0.2) is 0 Å². The van der Waals surface area contributed by atoms with E-state index in [1.165, 1.54) is 7.11 Å². The number of para-hydroxylation sites is 1. The molecule has 0 spiro atoms. The number of methoxy groups -OCH3 is 1. The molecule has 0 saturated carbocycles. The summed E-state index contributed by atoms with van der Waals surface area (Å²) in [4.78, 5) is 14.6. The Hall–Kier alpha value is -1.55. The van der Waals surface area contributed by atoms with Crippen LogP contribution in [0.25, 0.3) is 0 Å². The van der Waals surface area contributed by atoms with Crippen molar-refractivity contribution in [2.75, 3.05) is 33.4 Å². The topological polar surface area (TPSA) is 38.8 Å². The van der Waals surface area contributed by atoms with E-state index in [1.807, 2.05) is 31.2 Å². The summed E-state index contributed by atoms with van der Waals surface area (Å²) in [6, 6.07) is 7.90. The average Bonchev–Trinajstić information content (AvgIpc) is 2.56. The second-order valence-electron chi connectivity index (χ2n) is 5.98. The average molecular weight is 305 g/mol. The molecule has 0 amide bonds. The van der Waals surface area contributed by atoms with Crippen LogP contribution in [0.4, 0.5) is 0 Å². The van der Waals surface area contributed by atoms with Gasteiger partial charge in [0.2, 0.25) is 0 Å². The minimum absolute atomic E-state index is 0.150. The fourth-order valence-electron chi connectivity index (χ4n) is 3.12. The molecule has 4 heteroatoms. The molecule has 2 rings (SSSR count). The van der Waals surface area contributed by atoms with Gasteiger partial charge in [0.25, 0.3) is 0 Å². The molecule has 0 bridgehead atoms. The Morgan fingerprint density at radius 1 is 1.32 bits per heavy atom. The maximum absolute atomic E-state index is 12.2. The first-order chi connectivity index (χ1) is 10.7. The van der Waals surface area contributed by atoms with E-state index in [0.29, 0.717) is 12.5 Å². The zero-order valence-electron chi connectivity index (χ0n) is 13.9. The van der Waals surface area contributed by atoms with Gasteiger partial charge in [-0.3, -0.25) is 4.79 Å². The highest BCUT2D eigenvalue weighted by Crippen LogP contribution is 2.27. The maximum atomic E-state index is 12.2. The molecule has 1 aromatic rings. The van der Waals surface area contributed by atoms with Gasteiger partial charge in [-0.1, -0.05) is 25.1 Å². The quantitative estimate of drug-likeness (QED) is 0.758. The Morgan fingerprint density at radius 3 is 2.59 bits per heavy atom. The maximum Gasteiger partial charge on any atom is 0.312 e. The first kappa shape index (κ1) is 16.8. The number of benzene rings is 1. The molecular formula is C18H27NO3. The lowest BCUT2D eigenvalue weighted by Gasteiger charge is -2.34. The van der Waals surface area contributed by atoms with Gasteiger partial charge in [-0.2, -0.15) is 0 Å². The number of carbonyl (C=O) groups is 1. The second-order valence-corrected chi connectivity index (χ2v) is 5.98. The Kier molecular flexibility index (Phi) is 6.25. The van der Waals surface area contributed by atoms with Gasteiger partial charge >= 0.3 is 5.97 Å². The summed E-state index contributed by atoms with van der Waals surface area (Å²) in [6.07, 6.45) is 2.06. The first-order valence-corrected chi connectivity index (χ1v) is 8.14. The van der Waals surface area contributed by atoms with E-state index in [9.17, 15) is 4.79 Å². The third-order valence-electron chi connectivity index (χ3n) is 4.66. The highest BCUT2D eigenvalue weighted by molar-refractivity contribution is 5.72. The van der Waals surface area contributed by atoms with Crippen molar-refractivity contribution in [3.05, 3.63) is 29.8 Å². The standard InChI is InChI=1S/C18H27NO3/c1-4-19-11-9-15(10-12-19)16(18(20)21-3)13-22-17-8-6-5-7-14(17)2/h5-8,15-16H,4,9-13H2,1-3H3. The van der Waals surface area contributed by atoms with Crippen LogP contribution in [-0.2, 0) is 9.53 Å². The smallest absolute Gasteiger partial charge is 0.312 e. The number of rotatable bonds is 6. The lowest BCUT2D eigenvalue weighted by atomic mass is 9.84. The molecule has 122 valence electrons. The van der Waals surface area contributed by atoms with Crippen LogP contribution in [0.1, 0.15) is 25.3 Å². The van der Waals surface area contributed by atoms with E-state index in [4.69, 9.17) is 9.47 Å². The van der Waals surface area contributed by atoms with Crippen LogP contribution in [0.3, 0.4) is 0 Å². The SMILES string of the molecule is CCN1CCC(C(COc2ccccc2C)C(=O)OC)CC1. The summed E-state index contributed by atoms with van der Waals surface area (Å²) in [6.45, 7) is 7.78. The van der Waals surface area contributed by atoms with E-state index in [-0.39, 0.29) is 11.9 Å². The largest absolute Gasteiger partial charge is 0.492 e. The first-order valence-electron chi connectivity index (χ1n) is 8.14. The van der Waals surface area contributed by atoms with E-state index in [0.717, 1.165) is 43.8 Å². The summed E-state index contributed by atoms with van der Waals surface area (Å²) in [5, 5.41) is 0. The van der Waals surface area contributed by atoms with Crippen molar-refractivity contribution in [2.45, 2.75) is 26.7 Å². The predicted octanol–water partition coefficient (Wildman–Crippen LogP) is 2.89. The van der Waals surface area contributed by atoms with Gasteiger partial charge in [0.15, 0.2) is 0 Å². The van der Waals surface area contributed by atoms with Crippen LogP contribution in [-0.4, -0.2) is 44.2 Å². The van der Waals surface area contributed by atoms with Gasteiger partial charge in [0.1, 0.15) is 12.4 Å². The third kappa shape index (κ3) is 4.23. The molecule has 1 aliphatic rings. The number of piperidine rings is 1. The number of ether oxygens (including phenoxy) is 2. The monoisotopic (exact) mass is 305 g/mol. The fraction of sp³-hybridized carbons (Fsp3) is 0.611. The zero-order chi connectivity index (χ0) is 15.9. The molecule has 22 heavy (non-hydrogen) atoms. The minimum Gasteiger partial charge on any atom is -0.492 e. The molecule has 4 nitrogen and oxygen atoms in total. The second kappa shape index (κ2) is 8.18. The van der Waals surface area contributed by atoms with Crippen molar-refractivity contribution in [1.29, 1.82) is 0 Å². The molecule has 0 radical (unpaired) electrons. The van der Waals surface area contributed by atoms with Crippen molar-refractivity contribution in [2.24, 2.45) is 11.8 Å². The Bertz CT molecular complexity index is 481. The lowest BCUT2D eigenvalue weighted by molar-refractivity contribution is -0.149. The zero-order valence-corrected chi connectivity index (χ0v) is 13.9. The van der Waals surface area contributed by atoms with Gasteiger partial charge in [-0.15, -0.1) is 0 Å². The summed E-state index contributed by atoms with van der Waals surface area (Å²) in [7, 11) is 1.46. The number of esters is 1. The summed E-state index contributed by atoms with van der Waals surface area (Å²) in [5.41, 5.74) is 1.09. The lowest BCUT2D eigenvalue weighted by Crippen LogP contribution is -2.40. The Labute approximate surface area is 133 Å². The normalized spacial score (nSPS) is 18.0. The van der Waals surface area contributed by atoms with E-state index in [2.05, 4.69) is 11.8 Å². The van der Waals surface area contributed by atoms with Gasteiger partial charge in [0, 0.05) is 0 Å². The molecule has 1 atom stereocenters. The number of likely N-dealkylation sites (tertiary alicyclic amines) is 1. The Morgan fingerprint density at radius 2 is 2.00 bits per heavy atom. The van der Waals surface area contributed by atoms with E-state index in [1.54, 1.807) is 0 Å². The van der Waals surface area contributed by atoms with E-state index < -0.39 is 0 Å². The number of hydrogen-bond donors (Lipinski definition) is 0. The minimum atomic E-state index is -0.177. The highest BCUT2D eigenvalue weighted by Gasteiger charge is 2.32. The fourth-order valence-corrected chi connectivity index (χ4v) is 3.12. The van der Waals surface area contributed by atoms with E-state index >= 15 is 0 Å². The van der Waals surface area contributed by atoms with Crippen LogP contribution in [0, 0.1) is 18.8 Å². The molecular weight excluding hydrogens is 278 g/mol. The molecule has 1 fully saturated rings. The molecule has 1 unspecified atom stereocenters. The van der Waals surface area contributed by atoms with Crippen molar-refractivity contribution in [1.82, 2.24) is 4.90 Å². The summed E-state index contributed by atoms with van der Waals surface area (Å²) < 4.78 is 10.9. The van der Waals surface area contributed by atoms with Crippen molar-refractivity contribution in [3.8, 4) is 5.75 Å². The van der Waals surface area contributed by atoms with Crippen LogP contribution < -0.4 is 4.74 Å². The van der Waals surface area contributed by atoms with Crippen LogP contribution >= 0.6 is 0 Å². The molecule has 1 saturated heterocycles. The molecule has 1 aromatic carbocycles. The number of aryl methyl sites for hydroxylation is 1. The number of hydrogen-bond acceptors (Lipinski definition) is 4. The predicted molar refractivity (Wildman–Crippen MR) is 87.0 cm³/mol. The number of nitrogens with zero attached hydrogens (tertiary/aromatic N) is 1. The number of carbonyl (C=O) groups excluding carboxylic acids is 1. The summed E-state index contributed by atoms with van der Waals surface area (Å²) >= 11 is 0. The van der Waals surface area contributed by atoms with Gasteiger partial charge in [-0.05, 0) is 56.9 Å². The van der Waals surface area contributed by atoms with Crippen molar-refractivity contribution in [3.63, 3.8) is 0 Å². The molecule has 1 aliphatic heterocycles. The Balaban J connectivity index is 1.98. The van der Waals surface area contributed by atoms with Crippen molar-refractivity contribution < 1.29 is 14.3 Å². The highest BCUT2D eigenvalue weighted by atomic mass is 16.5. The van der Waals surface area contributed by atoms with Crippen LogP contribution in [0.15, 0.2) is 24.3 Å². The van der Waals surface area contributed by atoms with Gasteiger partial charge in [0.05, 0.1) is 13.0 Å². The van der Waals surface area contributed by atoms with Gasteiger partial charge < -0.3 is 14.4 Å². The van der Waals surface area contributed by atoms with Crippen LogP contribution in [0.2, 0.25) is 0 Å². The summed E-state index contributed by atoms with van der Waals surface area (Å²) in [5.74, 6) is 0.869. The molecule has 0 aromatic heterocycles. The molecule has 0 N–H and O–H groups in total. The van der Waals surface area contributed by atoms with Crippen molar-refractivity contribution >= 4 is 5.97 Å². The third-order valence-corrected chi connectivity index (χ3v) is 4.66.